The molecule has 24 heavy (non-hydrogen) atoms. The molecule has 2 aromatic rings. The Morgan fingerprint density at radius 1 is 1.00 bits per heavy atom. The lowest BCUT2D eigenvalue weighted by Gasteiger charge is -2.18. The van der Waals surface area contributed by atoms with E-state index >= 15 is 0 Å². The first-order valence-corrected chi connectivity index (χ1v) is 9.24. The third-order valence-corrected chi connectivity index (χ3v) is 4.34. The number of hydrogen-bond acceptors (Lipinski definition) is 2. The van der Waals surface area contributed by atoms with Crippen LogP contribution in [-0.4, -0.2) is 6.61 Å². The molecule has 0 aliphatic rings. The van der Waals surface area contributed by atoms with Crippen molar-refractivity contribution in [2.45, 2.75) is 59.0 Å². The largest absolute Gasteiger partial charge is 0.494 e. The molecule has 2 aromatic carbocycles. The van der Waals surface area contributed by atoms with E-state index in [1.807, 2.05) is 0 Å². The number of hydrogen-bond donors (Lipinski definition) is 1. The van der Waals surface area contributed by atoms with Crippen molar-refractivity contribution in [1.29, 1.82) is 0 Å². The van der Waals surface area contributed by atoms with Crippen LogP contribution in [0.4, 0.5) is 0 Å². The van der Waals surface area contributed by atoms with Crippen LogP contribution in [0.2, 0.25) is 0 Å². The van der Waals surface area contributed by atoms with Gasteiger partial charge in [-0.05, 0) is 43.0 Å². The maximum absolute atomic E-state index is 5.80. The molecule has 0 radical (unpaired) electrons. The van der Waals surface area contributed by atoms with Gasteiger partial charge in [0.05, 0.1) is 6.61 Å². The van der Waals surface area contributed by atoms with Crippen molar-refractivity contribution in [2.24, 2.45) is 0 Å². The number of aryl methyl sites for hydroxylation is 1. The van der Waals surface area contributed by atoms with E-state index in [1.165, 1.54) is 29.5 Å². The minimum absolute atomic E-state index is 0.375. The first-order chi connectivity index (χ1) is 11.7. The highest BCUT2D eigenvalue weighted by atomic mass is 16.5. The quantitative estimate of drug-likeness (QED) is 0.557. The van der Waals surface area contributed by atoms with E-state index in [1.54, 1.807) is 0 Å². The van der Waals surface area contributed by atoms with Crippen molar-refractivity contribution >= 4 is 0 Å². The Morgan fingerprint density at radius 3 is 2.46 bits per heavy atom. The van der Waals surface area contributed by atoms with Crippen molar-refractivity contribution in [3.05, 3.63) is 65.2 Å². The second-order valence-corrected chi connectivity index (χ2v) is 6.46. The molecule has 0 aliphatic heterocycles. The second kappa shape index (κ2) is 10.1. The summed E-state index contributed by atoms with van der Waals surface area (Å²) in [6, 6.07) is 17.6. The van der Waals surface area contributed by atoms with Gasteiger partial charge in [0.15, 0.2) is 0 Å². The maximum atomic E-state index is 5.80. The van der Waals surface area contributed by atoms with Gasteiger partial charge >= 0.3 is 0 Å². The van der Waals surface area contributed by atoms with E-state index in [9.17, 15) is 0 Å². The fourth-order valence-electron chi connectivity index (χ4n) is 2.90. The minimum Gasteiger partial charge on any atom is -0.494 e. The topological polar surface area (TPSA) is 21.3 Å². The highest BCUT2D eigenvalue weighted by molar-refractivity contribution is 5.29. The van der Waals surface area contributed by atoms with Crippen LogP contribution in [0.25, 0.3) is 0 Å². The van der Waals surface area contributed by atoms with Crippen LogP contribution in [0.1, 0.15) is 62.3 Å². The summed E-state index contributed by atoms with van der Waals surface area (Å²) in [6.07, 6.45) is 4.67. The highest BCUT2D eigenvalue weighted by Crippen LogP contribution is 2.21. The average molecular weight is 325 g/mol. The molecule has 1 N–H and O–H groups in total. The molecule has 130 valence electrons. The molecule has 0 fully saturated rings. The van der Waals surface area contributed by atoms with E-state index < -0.39 is 0 Å². The average Bonchev–Trinajstić information content (AvgIpc) is 2.60. The van der Waals surface area contributed by atoms with E-state index in [0.29, 0.717) is 6.04 Å². The summed E-state index contributed by atoms with van der Waals surface area (Å²) in [7, 11) is 0. The fraction of sp³-hybridized carbons (Fsp3) is 0.455. The molecule has 2 rings (SSSR count). The Morgan fingerprint density at radius 2 is 1.79 bits per heavy atom. The van der Waals surface area contributed by atoms with Crippen LogP contribution >= 0.6 is 0 Å². The van der Waals surface area contributed by atoms with E-state index in [2.05, 4.69) is 74.6 Å². The Kier molecular flexibility index (Phi) is 7.84. The Balaban J connectivity index is 1.87. The summed E-state index contributed by atoms with van der Waals surface area (Å²) in [4.78, 5) is 0. The predicted octanol–water partition coefficient (Wildman–Crippen LogP) is 5.80. The van der Waals surface area contributed by atoms with Gasteiger partial charge in [0.25, 0.3) is 0 Å². The van der Waals surface area contributed by atoms with Gasteiger partial charge in [0.2, 0.25) is 0 Å². The Labute approximate surface area is 147 Å². The lowest BCUT2D eigenvalue weighted by Crippen LogP contribution is -2.20. The number of ether oxygens (including phenoxy) is 1. The van der Waals surface area contributed by atoms with Crippen LogP contribution in [0.5, 0.6) is 5.75 Å². The summed E-state index contributed by atoms with van der Waals surface area (Å²) in [5, 5.41) is 3.67. The van der Waals surface area contributed by atoms with Crippen molar-refractivity contribution in [3.8, 4) is 5.75 Å². The maximum Gasteiger partial charge on any atom is 0.119 e. The standard InChI is InChI=1S/C22H31NO/c1-4-6-7-15-24-21-13-11-20(12-14-21)22(5-2)23-17-19-10-8-9-18(3)16-19/h8-14,16,22-23H,4-7,15,17H2,1-3H3. The molecular formula is C22H31NO. The summed E-state index contributed by atoms with van der Waals surface area (Å²) in [5.41, 5.74) is 3.97. The first-order valence-electron chi connectivity index (χ1n) is 9.24. The van der Waals surface area contributed by atoms with E-state index in [0.717, 1.165) is 31.7 Å². The number of benzene rings is 2. The first kappa shape index (κ1) is 18.5. The number of nitrogens with one attached hydrogen (secondary N) is 1. The molecule has 1 unspecified atom stereocenters. The van der Waals surface area contributed by atoms with Crippen LogP contribution in [-0.2, 0) is 6.54 Å². The second-order valence-electron chi connectivity index (χ2n) is 6.46. The van der Waals surface area contributed by atoms with Gasteiger partial charge in [-0.25, -0.2) is 0 Å². The summed E-state index contributed by atoms with van der Waals surface area (Å²) in [5.74, 6) is 0.975. The summed E-state index contributed by atoms with van der Waals surface area (Å²) in [6.45, 7) is 8.29. The monoisotopic (exact) mass is 325 g/mol. The van der Waals surface area contributed by atoms with Gasteiger partial charge in [-0.3, -0.25) is 0 Å². The molecule has 2 nitrogen and oxygen atoms in total. The smallest absolute Gasteiger partial charge is 0.119 e. The zero-order valence-electron chi connectivity index (χ0n) is 15.3. The molecule has 0 saturated carbocycles. The molecule has 0 spiro atoms. The lowest BCUT2D eigenvalue weighted by molar-refractivity contribution is 0.306. The molecule has 0 bridgehead atoms. The zero-order valence-corrected chi connectivity index (χ0v) is 15.3. The van der Waals surface area contributed by atoms with Crippen molar-refractivity contribution < 1.29 is 4.74 Å². The van der Waals surface area contributed by atoms with Crippen LogP contribution < -0.4 is 10.1 Å². The SMILES string of the molecule is CCCCCOc1ccc(C(CC)NCc2cccc(C)c2)cc1. The minimum atomic E-state index is 0.375. The van der Waals surface area contributed by atoms with Crippen molar-refractivity contribution in [2.75, 3.05) is 6.61 Å². The van der Waals surface area contributed by atoms with E-state index in [4.69, 9.17) is 4.74 Å². The number of rotatable bonds is 10. The fourth-order valence-corrected chi connectivity index (χ4v) is 2.90. The highest BCUT2D eigenvalue weighted by Gasteiger charge is 2.09. The molecule has 0 amide bonds. The van der Waals surface area contributed by atoms with Crippen molar-refractivity contribution in [3.63, 3.8) is 0 Å². The zero-order chi connectivity index (χ0) is 17.2. The third-order valence-electron chi connectivity index (χ3n) is 4.34. The normalized spacial score (nSPS) is 12.1. The van der Waals surface area contributed by atoms with E-state index in [-0.39, 0.29) is 0 Å². The van der Waals surface area contributed by atoms with Gasteiger partial charge in [0.1, 0.15) is 5.75 Å². The molecule has 0 aliphatic carbocycles. The molecular weight excluding hydrogens is 294 g/mol. The molecule has 2 heteroatoms. The molecule has 1 atom stereocenters. The van der Waals surface area contributed by atoms with Crippen LogP contribution in [0, 0.1) is 6.92 Å². The van der Waals surface area contributed by atoms with Crippen molar-refractivity contribution in [1.82, 2.24) is 5.32 Å². The van der Waals surface area contributed by atoms with Crippen LogP contribution in [0.3, 0.4) is 0 Å². The molecule has 0 heterocycles. The van der Waals surface area contributed by atoms with Gasteiger partial charge in [-0.15, -0.1) is 0 Å². The van der Waals surface area contributed by atoms with Gasteiger partial charge < -0.3 is 10.1 Å². The molecule has 0 saturated heterocycles. The molecule has 0 aromatic heterocycles. The van der Waals surface area contributed by atoms with Gasteiger partial charge in [-0.2, -0.15) is 0 Å². The Hall–Kier alpha value is -1.80. The van der Waals surface area contributed by atoms with Gasteiger partial charge in [0, 0.05) is 12.6 Å². The lowest BCUT2D eigenvalue weighted by atomic mass is 10.0. The third kappa shape index (κ3) is 6.01. The van der Waals surface area contributed by atoms with Gasteiger partial charge in [-0.1, -0.05) is 68.7 Å². The summed E-state index contributed by atoms with van der Waals surface area (Å²) < 4.78 is 5.80. The predicted molar refractivity (Wildman–Crippen MR) is 103 cm³/mol. The summed E-state index contributed by atoms with van der Waals surface area (Å²) >= 11 is 0. The number of unbranched alkanes of at least 4 members (excludes halogenated alkanes) is 2. The Bertz CT molecular complexity index is 591. The van der Waals surface area contributed by atoms with Crippen LogP contribution in [0.15, 0.2) is 48.5 Å².